The molecule has 0 unspecified atom stereocenters. The molecular weight excluding hydrogens is 833 g/mol. The first-order valence-electron chi connectivity index (χ1n) is 22.6. The van der Waals surface area contributed by atoms with Gasteiger partial charge in [-0.3, -0.25) is 4.57 Å². The van der Waals surface area contributed by atoms with E-state index in [2.05, 4.69) is 149 Å². The SMILES string of the molecule is c1ccc(-c2nc(-c3ccccc3)nc(-c3ccccc3-n3c4ccccc4c4ccc5c(c6ccccc6n5-c5nc(-c6ccccc6)nc(-c6ccccc6-c6ccccc6)n5)c43)n2)cc1. The highest BCUT2D eigenvalue weighted by atomic mass is 15.2. The van der Waals surface area contributed by atoms with Gasteiger partial charge in [0.1, 0.15) is 0 Å². The number of aromatic nitrogens is 8. The van der Waals surface area contributed by atoms with E-state index in [1.165, 1.54) is 0 Å². The minimum atomic E-state index is 0.525. The van der Waals surface area contributed by atoms with Gasteiger partial charge in [0.25, 0.3) is 0 Å². The predicted molar refractivity (Wildman–Crippen MR) is 275 cm³/mol. The van der Waals surface area contributed by atoms with Crippen LogP contribution in [0.5, 0.6) is 0 Å². The van der Waals surface area contributed by atoms with Crippen LogP contribution in [-0.4, -0.2) is 39.0 Å². The first kappa shape index (κ1) is 39.0. The molecule has 4 heterocycles. The van der Waals surface area contributed by atoms with Gasteiger partial charge in [0.15, 0.2) is 29.1 Å². The molecule has 0 saturated heterocycles. The summed E-state index contributed by atoms with van der Waals surface area (Å²) >= 11 is 0. The minimum Gasteiger partial charge on any atom is -0.308 e. The topological polar surface area (TPSA) is 87.2 Å². The highest BCUT2D eigenvalue weighted by Gasteiger charge is 2.25. The molecule has 0 aliphatic heterocycles. The third-order valence-electron chi connectivity index (χ3n) is 12.7. The second-order valence-electron chi connectivity index (χ2n) is 16.7. The van der Waals surface area contributed by atoms with Gasteiger partial charge in [-0.2, -0.15) is 9.97 Å². The number of hydrogen-bond donors (Lipinski definition) is 0. The summed E-state index contributed by atoms with van der Waals surface area (Å²) in [6.07, 6.45) is 0. The van der Waals surface area contributed by atoms with Crippen molar-refractivity contribution in [3.8, 4) is 79.7 Å². The van der Waals surface area contributed by atoms with Crippen LogP contribution in [-0.2, 0) is 0 Å². The van der Waals surface area contributed by atoms with E-state index in [1.807, 2.05) is 91.0 Å². The number of rotatable bonds is 8. The Bertz CT molecular complexity index is 3960. The highest BCUT2D eigenvalue weighted by molar-refractivity contribution is 6.26. The van der Waals surface area contributed by atoms with Gasteiger partial charge >= 0.3 is 0 Å². The van der Waals surface area contributed by atoms with Crippen molar-refractivity contribution >= 4 is 43.6 Å². The van der Waals surface area contributed by atoms with Gasteiger partial charge in [0.05, 0.1) is 27.8 Å². The predicted octanol–water partition coefficient (Wildman–Crippen LogP) is 14.3. The molecule has 0 aliphatic carbocycles. The lowest BCUT2D eigenvalue weighted by Gasteiger charge is -2.15. The molecule has 68 heavy (non-hydrogen) atoms. The molecule has 0 amide bonds. The van der Waals surface area contributed by atoms with Gasteiger partial charge in [0.2, 0.25) is 5.95 Å². The standard InChI is InChI=1S/C60H38N8/c1-5-21-39(22-6-1)43-29-13-14-31-46(43)58-64-57(42-27-11-4-12-28-42)65-60(66-58)68-50-35-19-16-32-47(50)53-52(68)38-37-45-44-30-15-18-34-49(44)67(54(45)53)51-36-20-17-33-48(51)59-62-55(40-23-7-2-8-24-40)61-56(63-59)41-25-9-3-10-26-41/h1-38H. The Labute approximate surface area is 391 Å². The van der Waals surface area contributed by atoms with Crippen LogP contribution in [0, 0.1) is 0 Å². The van der Waals surface area contributed by atoms with Crippen LogP contribution in [0.3, 0.4) is 0 Å². The van der Waals surface area contributed by atoms with E-state index in [4.69, 9.17) is 29.9 Å². The van der Waals surface area contributed by atoms with E-state index in [-0.39, 0.29) is 0 Å². The van der Waals surface area contributed by atoms with Crippen molar-refractivity contribution in [1.29, 1.82) is 0 Å². The molecule has 0 atom stereocenters. The van der Waals surface area contributed by atoms with E-state index in [0.29, 0.717) is 35.1 Å². The first-order chi connectivity index (χ1) is 33.7. The maximum absolute atomic E-state index is 5.39. The largest absolute Gasteiger partial charge is 0.308 e. The molecule has 0 spiro atoms. The minimum absolute atomic E-state index is 0.525. The van der Waals surface area contributed by atoms with Gasteiger partial charge in [-0.15, -0.1) is 0 Å². The number of fused-ring (bicyclic) bond motifs is 7. The van der Waals surface area contributed by atoms with Crippen molar-refractivity contribution in [3.63, 3.8) is 0 Å². The number of hydrogen-bond acceptors (Lipinski definition) is 6. The Balaban J connectivity index is 1.10. The molecule has 0 N–H and O–H groups in total. The second kappa shape index (κ2) is 16.2. The Morgan fingerprint density at radius 1 is 0.250 bits per heavy atom. The van der Waals surface area contributed by atoms with Gasteiger partial charge in [-0.1, -0.05) is 200 Å². The molecule has 0 fully saturated rings. The molecule has 13 aromatic rings. The zero-order valence-corrected chi connectivity index (χ0v) is 36.5. The number of nitrogens with zero attached hydrogens (tertiary/aromatic N) is 8. The summed E-state index contributed by atoms with van der Waals surface area (Å²) in [5, 5.41) is 4.39. The van der Waals surface area contributed by atoms with Crippen molar-refractivity contribution in [2.24, 2.45) is 0 Å². The van der Waals surface area contributed by atoms with Crippen LogP contribution in [0.4, 0.5) is 0 Å². The Morgan fingerprint density at radius 3 is 1.29 bits per heavy atom. The monoisotopic (exact) mass is 870 g/mol. The van der Waals surface area contributed by atoms with E-state index in [0.717, 1.165) is 88.2 Å². The lowest BCUT2D eigenvalue weighted by molar-refractivity contribution is 0.954. The van der Waals surface area contributed by atoms with E-state index in [1.54, 1.807) is 0 Å². The van der Waals surface area contributed by atoms with Gasteiger partial charge in [-0.05, 0) is 41.5 Å². The van der Waals surface area contributed by atoms with Crippen LogP contribution in [0.15, 0.2) is 231 Å². The fourth-order valence-corrected chi connectivity index (χ4v) is 9.61. The molecule has 8 nitrogen and oxygen atoms in total. The van der Waals surface area contributed by atoms with E-state index < -0.39 is 0 Å². The molecule has 8 heteroatoms. The Kier molecular flexibility index (Phi) is 9.31. The zero-order valence-electron chi connectivity index (χ0n) is 36.5. The zero-order chi connectivity index (χ0) is 45.0. The van der Waals surface area contributed by atoms with Crippen LogP contribution in [0.25, 0.3) is 123 Å². The van der Waals surface area contributed by atoms with Gasteiger partial charge in [-0.25, -0.2) is 19.9 Å². The summed E-state index contributed by atoms with van der Waals surface area (Å²) in [5.41, 5.74) is 11.7. The van der Waals surface area contributed by atoms with Crippen molar-refractivity contribution in [3.05, 3.63) is 231 Å². The first-order valence-corrected chi connectivity index (χ1v) is 22.6. The van der Waals surface area contributed by atoms with Crippen molar-refractivity contribution in [2.75, 3.05) is 0 Å². The molecule has 0 radical (unpaired) electrons. The summed E-state index contributed by atoms with van der Waals surface area (Å²) < 4.78 is 4.59. The van der Waals surface area contributed by atoms with Crippen LogP contribution >= 0.6 is 0 Å². The second-order valence-corrected chi connectivity index (χ2v) is 16.7. The molecule has 0 aliphatic rings. The smallest absolute Gasteiger partial charge is 0.238 e. The van der Waals surface area contributed by atoms with E-state index in [9.17, 15) is 0 Å². The fraction of sp³-hybridized carbons (Fsp3) is 0. The number of benzene rings is 9. The summed E-state index contributed by atoms with van der Waals surface area (Å²) in [4.78, 5) is 31.4. The van der Waals surface area contributed by atoms with E-state index >= 15 is 0 Å². The Hall–Kier alpha value is -9.40. The normalized spacial score (nSPS) is 11.5. The van der Waals surface area contributed by atoms with Crippen molar-refractivity contribution in [2.45, 2.75) is 0 Å². The molecule has 318 valence electrons. The number of para-hydroxylation sites is 3. The summed E-state index contributed by atoms with van der Waals surface area (Å²) in [6, 6.07) is 79.2. The quantitative estimate of drug-likeness (QED) is 0.151. The van der Waals surface area contributed by atoms with Crippen molar-refractivity contribution in [1.82, 2.24) is 39.0 Å². The Morgan fingerprint density at radius 2 is 0.676 bits per heavy atom. The summed E-state index contributed by atoms with van der Waals surface area (Å²) in [5.74, 6) is 3.49. The average molecular weight is 871 g/mol. The van der Waals surface area contributed by atoms with Crippen molar-refractivity contribution < 1.29 is 0 Å². The molecule has 0 bridgehead atoms. The summed E-state index contributed by atoms with van der Waals surface area (Å²) in [6.45, 7) is 0. The fourth-order valence-electron chi connectivity index (χ4n) is 9.61. The van der Waals surface area contributed by atoms with Gasteiger partial charge < -0.3 is 4.57 Å². The molecule has 4 aromatic heterocycles. The molecular formula is C60H38N8. The molecule has 9 aromatic carbocycles. The van der Waals surface area contributed by atoms with Gasteiger partial charge in [0, 0.05) is 49.4 Å². The maximum Gasteiger partial charge on any atom is 0.238 e. The summed E-state index contributed by atoms with van der Waals surface area (Å²) in [7, 11) is 0. The van der Waals surface area contributed by atoms with Crippen LogP contribution < -0.4 is 0 Å². The van der Waals surface area contributed by atoms with Crippen LogP contribution in [0.1, 0.15) is 0 Å². The molecule has 13 rings (SSSR count). The van der Waals surface area contributed by atoms with Crippen LogP contribution in [0.2, 0.25) is 0 Å². The lowest BCUT2D eigenvalue weighted by atomic mass is 9.99. The third-order valence-corrected chi connectivity index (χ3v) is 12.7. The highest BCUT2D eigenvalue weighted by Crippen LogP contribution is 2.43. The maximum atomic E-state index is 5.39. The molecule has 0 saturated carbocycles. The average Bonchev–Trinajstić information content (AvgIpc) is 3.94. The lowest BCUT2D eigenvalue weighted by Crippen LogP contribution is -2.07. The third kappa shape index (κ3) is 6.54.